The largest absolute Gasteiger partial charge is 0.449 e. The first-order valence-electron chi connectivity index (χ1n) is 7.01. The highest BCUT2D eigenvalue weighted by Gasteiger charge is 2.18. The third-order valence-corrected chi connectivity index (χ3v) is 3.43. The Hall–Kier alpha value is -3.15. The lowest BCUT2D eigenvalue weighted by Crippen LogP contribution is -2.30. The molecule has 6 heteroatoms. The van der Waals surface area contributed by atoms with Crippen molar-refractivity contribution in [1.29, 1.82) is 0 Å². The van der Waals surface area contributed by atoms with Gasteiger partial charge >= 0.3 is 5.97 Å². The maximum absolute atomic E-state index is 12.1. The van der Waals surface area contributed by atoms with Gasteiger partial charge in [-0.3, -0.25) is 4.79 Å². The first-order valence-corrected chi connectivity index (χ1v) is 7.01. The van der Waals surface area contributed by atoms with Crippen LogP contribution in [0.25, 0.3) is 22.2 Å². The molecule has 0 radical (unpaired) electrons. The summed E-state index contributed by atoms with van der Waals surface area (Å²) in [6.07, 6.45) is -0.991. The van der Waals surface area contributed by atoms with Gasteiger partial charge in [-0.15, -0.1) is 0 Å². The van der Waals surface area contributed by atoms with Crippen LogP contribution in [0.1, 0.15) is 17.3 Å². The maximum atomic E-state index is 12.1. The Morgan fingerprint density at radius 2 is 1.91 bits per heavy atom. The van der Waals surface area contributed by atoms with Crippen molar-refractivity contribution in [3.63, 3.8) is 0 Å². The van der Waals surface area contributed by atoms with Gasteiger partial charge in [-0.2, -0.15) is 0 Å². The van der Waals surface area contributed by atoms with Crippen LogP contribution in [0.2, 0.25) is 0 Å². The molecule has 1 amide bonds. The molecule has 0 saturated carbocycles. The molecular formula is C17H14N2O4. The van der Waals surface area contributed by atoms with Crippen LogP contribution in [0.3, 0.4) is 0 Å². The summed E-state index contributed by atoms with van der Waals surface area (Å²) in [7, 11) is 0. The molecule has 1 atom stereocenters. The van der Waals surface area contributed by atoms with Gasteiger partial charge in [0.2, 0.25) is 0 Å². The van der Waals surface area contributed by atoms with E-state index < -0.39 is 18.0 Å². The maximum Gasteiger partial charge on any atom is 0.338 e. The second kappa shape index (κ2) is 5.92. The third kappa shape index (κ3) is 2.91. The fourth-order valence-electron chi connectivity index (χ4n) is 2.15. The highest BCUT2D eigenvalue weighted by atomic mass is 16.5. The Bertz CT molecular complexity index is 871. The summed E-state index contributed by atoms with van der Waals surface area (Å²) >= 11 is 0. The molecule has 1 aromatic heterocycles. The van der Waals surface area contributed by atoms with Crippen LogP contribution in [0.5, 0.6) is 0 Å². The SMILES string of the molecule is C[C@@H](OC(=O)c1ccc2noc(-c3ccccc3)c2c1)C(N)=O. The van der Waals surface area contributed by atoms with Gasteiger partial charge in [-0.05, 0) is 25.1 Å². The van der Waals surface area contributed by atoms with Gasteiger partial charge in [-0.25, -0.2) is 4.79 Å². The van der Waals surface area contributed by atoms with E-state index in [9.17, 15) is 9.59 Å². The normalized spacial score (nSPS) is 12.0. The lowest BCUT2D eigenvalue weighted by molar-refractivity contribution is -0.125. The molecule has 3 aromatic rings. The molecular weight excluding hydrogens is 296 g/mol. The molecule has 0 spiro atoms. The van der Waals surface area contributed by atoms with Crippen molar-refractivity contribution in [3.05, 3.63) is 54.1 Å². The van der Waals surface area contributed by atoms with Crippen molar-refractivity contribution in [2.75, 3.05) is 0 Å². The molecule has 2 N–H and O–H groups in total. The Morgan fingerprint density at radius 3 is 2.61 bits per heavy atom. The molecule has 0 bridgehead atoms. The molecule has 0 aliphatic rings. The molecule has 2 aromatic carbocycles. The van der Waals surface area contributed by atoms with E-state index in [1.807, 2.05) is 30.3 Å². The summed E-state index contributed by atoms with van der Waals surface area (Å²) in [5.74, 6) is -0.758. The van der Waals surface area contributed by atoms with E-state index in [-0.39, 0.29) is 0 Å². The summed E-state index contributed by atoms with van der Waals surface area (Å²) in [4.78, 5) is 23.1. The van der Waals surface area contributed by atoms with Crippen LogP contribution < -0.4 is 5.73 Å². The average Bonchev–Trinajstić information content (AvgIpc) is 2.98. The van der Waals surface area contributed by atoms with Crippen molar-refractivity contribution in [2.24, 2.45) is 5.73 Å². The quantitative estimate of drug-likeness (QED) is 0.747. The topological polar surface area (TPSA) is 95.4 Å². The molecule has 6 nitrogen and oxygen atoms in total. The fraction of sp³-hybridized carbons (Fsp3) is 0.118. The van der Waals surface area contributed by atoms with Crippen LogP contribution >= 0.6 is 0 Å². The van der Waals surface area contributed by atoms with E-state index in [0.29, 0.717) is 22.2 Å². The fourth-order valence-corrected chi connectivity index (χ4v) is 2.15. The van der Waals surface area contributed by atoms with E-state index in [2.05, 4.69) is 5.16 Å². The predicted octanol–water partition coefficient (Wildman–Crippen LogP) is 2.53. The predicted molar refractivity (Wildman–Crippen MR) is 83.5 cm³/mol. The molecule has 0 saturated heterocycles. The van der Waals surface area contributed by atoms with Crippen molar-refractivity contribution >= 4 is 22.8 Å². The Morgan fingerprint density at radius 1 is 1.17 bits per heavy atom. The smallest absolute Gasteiger partial charge is 0.338 e. The number of rotatable bonds is 4. The van der Waals surface area contributed by atoms with Crippen LogP contribution in [-0.4, -0.2) is 23.1 Å². The molecule has 0 aliphatic carbocycles. The molecule has 0 unspecified atom stereocenters. The van der Waals surface area contributed by atoms with Crippen molar-refractivity contribution in [3.8, 4) is 11.3 Å². The zero-order chi connectivity index (χ0) is 16.4. The minimum Gasteiger partial charge on any atom is -0.449 e. The molecule has 116 valence electrons. The number of hydrogen-bond acceptors (Lipinski definition) is 5. The Kier molecular flexibility index (Phi) is 3.80. The number of ether oxygens (including phenoxy) is 1. The van der Waals surface area contributed by atoms with Gasteiger partial charge in [-0.1, -0.05) is 35.5 Å². The van der Waals surface area contributed by atoms with Gasteiger partial charge in [0.1, 0.15) is 5.52 Å². The minimum atomic E-state index is -0.991. The number of carbonyl (C=O) groups is 2. The number of amides is 1. The molecule has 0 aliphatic heterocycles. The number of aromatic nitrogens is 1. The molecule has 3 rings (SSSR count). The van der Waals surface area contributed by atoms with E-state index in [1.54, 1.807) is 18.2 Å². The minimum absolute atomic E-state index is 0.297. The third-order valence-electron chi connectivity index (χ3n) is 3.43. The number of hydrogen-bond donors (Lipinski definition) is 1. The lowest BCUT2D eigenvalue weighted by Gasteiger charge is -2.09. The van der Waals surface area contributed by atoms with Gasteiger partial charge in [0.15, 0.2) is 11.9 Å². The van der Waals surface area contributed by atoms with Gasteiger partial charge in [0.25, 0.3) is 5.91 Å². The standard InChI is InChI=1S/C17H14N2O4/c1-10(16(18)20)22-17(21)12-7-8-14-13(9-12)15(23-19-14)11-5-3-2-4-6-11/h2-10H,1H3,(H2,18,20)/t10-/m1/s1. The van der Waals surface area contributed by atoms with Gasteiger partial charge < -0.3 is 15.0 Å². The van der Waals surface area contributed by atoms with Crippen LogP contribution in [0, 0.1) is 0 Å². The summed E-state index contributed by atoms with van der Waals surface area (Å²) in [6, 6.07) is 14.3. The monoisotopic (exact) mass is 310 g/mol. The molecule has 0 fully saturated rings. The van der Waals surface area contributed by atoms with Crippen LogP contribution in [-0.2, 0) is 9.53 Å². The van der Waals surface area contributed by atoms with Crippen molar-refractivity contribution in [1.82, 2.24) is 5.16 Å². The summed E-state index contributed by atoms with van der Waals surface area (Å²) < 4.78 is 10.4. The zero-order valence-electron chi connectivity index (χ0n) is 12.4. The summed E-state index contributed by atoms with van der Waals surface area (Å²) in [6.45, 7) is 1.42. The number of benzene rings is 2. The van der Waals surface area contributed by atoms with Gasteiger partial charge in [0.05, 0.1) is 10.9 Å². The van der Waals surface area contributed by atoms with E-state index >= 15 is 0 Å². The Balaban J connectivity index is 1.98. The molecule has 1 heterocycles. The number of fused-ring (bicyclic) bond motifs is 1. The number of esters is 1. The van der Waals surface area contributed by atoms with Crippen molar-refractivity contribution < 1.29 is 18.8 Å². The van der Waals surface area contributed by atoms with E-state index in [0.717, 1.165) is 5.56 Å². The molecule has 23 heavy (non-hydrogen) atoms. The first-order chi connectivity index (χ1) is 11.1. The number of carbonyl (C=O) groups excluding carboxylic acids is 2. The second-order valence-corrected chi connectivity index (χ2v) is 5.06. The average molecular weight is 310 g/mol. The number of primary amides is 1. The second-order valence-electron chi connectivity index (χ2n) is 5.06. The lowest BCUT2D eigenvalue weighted by atomic mass is 10.1. The first kappa shape index (κ1) is 14.8. The van der Waals surface area contributed by atoms with Gasteiger partial charge in [0, 0.05) is 5.56 Å². The highest BCUT2D eigenvalue weighted by Crippen LogP contribution is 2.29. The van der Waals surface area contributed by atoms with Crippen molar-refractivity contribution in [2.45, 2.75) is 13.0 Å². The van der Waals surface area contributed by atoms with E-state index in [4.69, 9.17) is 15.0 Å². The number of nitrogens with two attached hydrogens (primary N) is 1. The van der Waals surface area contributed by atoms with E-state index in [1.165, 1.54) is 6.92 Å². The summed E-state index contributed by atoms with van der Waals surface area (Å²) in [5, 5.41) is 4.68. The summed E-state index contributed by atoms with van der Waals surface area (Å²) in [5.41, 5.74) is 6.87. The highest BCUT2D eigenvalue weighted by molar-refractivity contribution is 5.99. The Labute approximate surface area is 131 Å². The zero-order valence-corrected chi connectivity index (χ0v) is 12.4. The van der Waals surface area contributed by atoms with Crippen LogP contribution in [0.4, 0.5) is 0 Å². The van der Waals surface area contributed by atoms with Crippen LogP contribution in [0.15, 0.2) is 53.1 Å². The number of nitrogens with zero attached hydrogens (tertiary/aromatic N) is 1.